The average Bonchev–Trinajstić information content (AvgIpc) is 2.68. The Morgan fingerprint density at radius 3 is 2.42 bits per heavy atom. The number of nitro groups is 1. The topological polar surface area (TPSA) is 110 Å². The molecule has 8 nitrogen and oxygen atoms in total. The van der Waals surface area contributed by atoms with Gasteiger partial charge < -0.3 is 4.90 Å². The van der Waals surface area contributed by atoms with E-state index in [0.717, 1.165) is 13.1 Å². The highest BCUT2D eigenvalue weighted by Crippen LogP contribution is 2.34. The molecule has 1 saturated heterocycles. The SMILES string of the molecule is Cc1nc(NN)nc(N2CC(C)C(C)C2)c1[N+](=O)[O-]. The van der Waals surface area contributed by atoms with Crippen molar-refractivity contribution in [3.05, 3.63) is 15.8 Å². The van der Waals surface area contributed by atoms with Gasteiger partial charge in [0.05, 0.1) is 4.92 Å². The number of nitrogen functional groups attached to an aromatic ring is 1. The lowest BCUT2D eigenvalue weighted by molar-refractivity contribution is -0.385. The van der Waals surface area contributed by atoms with Crippen LogP contribution in [0, 0.1) is 28.9 Å². The molecular weight excluding hydrogens is 248 g/mol. The van der Waals surface area contributed by atoms with Crippen molar-refractivity contribution in [2.75, 3.05) is 23.4 Å². The first-order valence-electron chi connectivity index (χ1n) is 6.18. The van der Waals surface area contributed by atoms with Gasteiger partial charge >= 0.3 is 5.69 Å². The molecular formula is C11H18N6O2. The van der Waals surface area contributed by atoms with Crippen molar-refractivity contribution in [3.8, 4) is 0 Å². The molecule has 0 aromatic carbocycles. The lowest BCUT2D eigenvalue weighted by atomic mass is 10.0. The number of anilines is 2. The first-order chi connectivity index (χ1) is 8.93. The molecule has 1 aliphatic rings. The van der Waals surface area contributed by atoms with Crippen LogP contribution in [0.15, 0.2) is 0 Å². The third kappa shape index (κ3) is 2.43. The summed E-state index contributed by atoms with van der Waals surface area (Å²) in [6, 6.07) is 0. The molecule has 0 radical (unpaired) electrons. The van der Waals surface area contributed by atoms with E-state index < -0.39 is 4.92 Å². The van der Waals surface area contributed by atoms with Gasteiger partial charge in [-0.15, -0.1) is 0 Å². The summed E-state index contributed by atoms with van der Waals surface area (Å²) < 4.78 is 0. The second kappa shape index (κ2) is 4.96. The van der Waals surface area contributed by atoms with Crippen LogP contribution in [-0.4, -0.2) is 28.0 Å². The molecule has 2 unspecified atom stereocenters. The molecule has 2 atom stereocenters. The number of rotatable bonds is 3. The zero-order chi connectivity index (χ0) is 14.2. The Hall–Kier alpha value is -1.96. The van der Waals surface area contributed by atoms with E-state index in [0.29, 0.717) is 23.3 Å². The van der Waals surface area contributed by atoms with Gasteiger partial charge in [-0.25, -0.2) is 10.8 Å². The zero-order valence-corrected chi connectivity index (χ0v) is 11.3. The highest BCUT2D eigenvalue weighted by Gasteiger charge is 2.33. The number of hydrogen-bond donors (Lipinski definition) is 2. The molecule has 2 heterocycles. The second-order valence-corrected chi connectivity index (χ2v) is 5.07. The number of nitrogens with one attached hydrogen (secondary N) is 1. The number of aryl methyl sites for hydroxylation is 1. The van der Waals surface area contributed by atoms with Crippen molar-refractivity contribution >= 4 is 17.5 Å². The third-order valence-corrected chi connectivity index (χ3v) is 3.64. The summed E-state index contributed by atoms with van der Waals surface area (Å²) in [5.74, 6) is 6.80. The summed E-state index contributed by atoms with van der Waals surface area (Å²) in [6.45, 7) is 7.36. The fraction of sp³-hybridized carbons (Fsp3) is 0.636. The second-order valence-electron chi connectivity index (χ2n) is 5.07. The molecule has 104 valence electrons. The monoisotopic (exact) mass is 266 g/mol. The smallest absolute Gasteiger partial charge is 0.332 e. The summed E-state index contributed by atoms with van der Waals surface area (Å²) in [7, 11) is 0. The number of nitrogens with zero attached hydrogens (tertiary/aromatic N) is 4. The van der Waals surface area contributed by atoms with Gasteiger partial charge in [0.25, 0.3) is 0 Å². The van der Waals surface area contributed by atoms with E-state index in [-0.39, 0.29) is 11.6 Å². The van der Waals surface area contributed by atoms with Gasteiger partial charge in [-0.1, -0.05) is 13.8 Å². The minimum absolute atomic E-state index is 0.0414. The van der Waals surface area contributed by atoms with Crippen molar-refractivity contribution in [2.24, 2.45) is 17.7 Å². The molecule has 0 amide bonds. The van der Waals surface area contributed by atoms with Crippen LogP contribution < -0.4 is 16.2 Å². The summed E-state index contributed by atoms with van der Waals surface area (Å²) in [4.78, 5) is 20.8. The summed E-state index contributed by atoms with van der Waals surface area (Å²) in [5, 5.41) is 11.2. The maximum atomic E-state index is 11.2. The molecule has 1 fully saturated rings. The molecule has 8 heteroatoms. The van der Waals surface area contributed by atoms with Gasteiger partial charge in [0.15, 0.2) is 0 Å². The molecule has 0 saturated carbocycles. The number of nitrogens with two attached hydrogens (primary N) is 1. The van der Waals surface area contributed by atoms with Crippen molar-refractivity contribution < 1.29 is 4.92 Å². The maximum absolute atomic E-state index is 11.2. The van der Waals surface area contributed by atoms with Crippen LogP contribution in [0.25, 0.3) is 0 Å². The normalized spacial score (nSPS) is 22.6. The molecule has 0 aliphatic carbocycles. The van der Waals surface area contributed by atoms with Gasteiger partial charge in [-0.05, 0) is 18.8 Å². The van der Waals surface area contributed by atoms with Gasteiger partial charge in [-0.2, -0.15) is 4.98 Å². The lowest BCUT2D eigenvalue weighted by Gasteiger charge is -2.18. The molecule has 19 heavy (non-hydrogen) atoms. The fourth-order valence-corrected chi connectivity index (χ4v) is 2.35. The summed E-state index contributed by atoms with van der Waals surface area (Å²) >= 11 is 0. The molecule has 3 N–H and O–H groups in total. The van der Waals surface area contributed by atoms with Crippen LogP contribution in [0.1, 0.15) is 19.5 Å². The van der Waals surface area contributed by atoms with Crippen LogP contribution in [0.5, 0.6) is 0 Å². The van der Waals surface area contributed by atoms with Crippen LogP contribution in [0.2, 0.25) is 0 Å². The minimum Gasteiger partial charge on any atom is -0.350 e. The average molecular weight is 266 g/mol. The quantitative estimate of drug-likeness (QED) is 0.478. The summed E-state index contributed by atoms with van der Waals surface area (Å²) in [6.07, 6.45) is 0. The van der Waals surface area contributed by atoms with E-state index in [9.17, 15) is 10.1 Å². The Labute approximate surface area is 111 Å². The zero-order valence-electron chi connectivity index (χ0n) is 11.3. The van der Waals surface area contributed by atoms with Crippen molar-refractivity contribution in [1.82, 2.24) is 9.97 Å². The van der Waals surface area contributed by atoms with Crippen LogP contribution in [0.4, 0.5) is 17.5 Å². The predicted molar refractivity (Wildman–Crippen MR) is 71.8 cm³/mol. The largest absolute Gasteiger partial charge is 0.350 e. The van der Waals surface area contributed by atoms with E-state index in [1.165, 1.54) is 0 Å². The fourth-order valence-electron chi connectivity index (χ4n) is 2.35. The lowest BCUT2D eigenvalue weighted by Crippen LogP contribution is -2.24. The third-order valence-electron chi connectivity index (χ3n) is 3.64. The highest BCUT2D eigenvalue weighted by molar-refractivity contribution is 5.62. The molecule has 1 aromatic heterocycles. The Morgan fingerprint density at radius 1 is 1.37 bits per heavy atom. The van der Waals surface area contributed by atoms with Crippen LogP contribution in [0.3, 0.4) is 0 Å². The standard InChI is InChI=1S/C11H18N6O2/c1-6-4-16(5-7(6)2)10-9(17(18)19)8(3)13-11(14-10)15-12/h6-7H,4-5,12H2,1-3H3,(H,13,14,15). The van der Waals surface area contributed by atoms with Crippen LogP contribution >= 0.6 is 0 Å². The Kier molecular flexibility index (Phi) is 3.52. The Bertz CT molecular complexity index is 496. The van der Waals surface area contributed by atoms with Gasteiger partial charge in [0.1, 0.15) is 5.69 Å². The Balaban J connectivity index is 2.48. The number of aromatic nitrogens is 2. The Morgan fingerprint density at radius 2 is 1.95 bits per heavy atom. The summed E-state index contributed by atoms with van der Waals surface area (Å²) in [5.41, 5.74) is 2.62. The minimum atomic E-state index is -0.432. The molecule has 2 rings (SSSR count). The first-order valence-corrected chi connectivity index (χ1v) is 6.18. The van der Waals surface area contributed by atoms with Gasteiger partial charge in [0.2, 0.25) is 11.8 Å². The molecule has 1 aromatic rings. The van der Waals surface area contributed by atoms with E-state index in [4.69, 9.17) is 5.84 Å². The van der Waals surface area contributed by atoms with E-state index in [1.807, 2.05) is 4.90 Å². The highest BCUT2D eigenvalue weighted by atomic mass is 16.6. The number of hydrogen-bond acceptors (Lipinski definition) is 7. The van der Waals surface area contributed by atoms with Crippen molar-refractivity contribution in [3.63, 3.8) is 0 Å². The van der Waals surface area contributed by atoms with E-state index in [2.05, 4.69) is 29.2 Å². The molecule has 0 spiro atoms. The molecule has 1 aliphatic heterocycles. The molecule has 0 bridgehead atoms. The maximum Gasteiger partial charge on any atom is 0.332 e. The predicted octanol–water partition coefficient (Wildman–Crippen LogP) is 1.07. The van der Waals surface area contributed by atoms with Crippen LogP contribution in [-0.2, 0) is 0 Å². The first kappa shape index (κ1) is 13.5. The van der Waals surface area contributed by atoms with E-state index in [1.54, 1.807) is 6.92 Å². The van der Waals surface area contributed by atoms with E-state index >= 15 is 0 Å². The van der Waals surface area contributed by atoms with Gasteiger partial charge in [-0.3, -0.25) is 15.5 Å². The van der Waals surface area contributed by atoms with Gasteiger partial charge in [0, 0.05) is 13.1 Å². The van der Waals surface area contributed by atoms with Crippen molar-refractivity contribution in [1.29, 1.82) is 0 Å². The van der Waals surface area contributed by atoms with Crippen molar-refractivity contribution in [2.45, 2.75) is 20.8 Å². The number of hydrazine groups is 1.